The van der Waals surface area contributed by atoms with Crippen molar-refractivity contribution in [2.45, 2.75) is 25.4 Å². The van der Waals surface area contributed by atoms with Gasteiger partial charge in [0.15, 0.2) is 0 Å². The molecule has 0 spiro atoms. The quantitative estimate of drug-likeness (QED) is 0.780. The number of rotatable bonds is 4. The molecule has 2 aromatic carbocycles. The first-order chi connectivity index (χ1) is 12.5. The van der Waals surface area contributed by atoms with Crippen LogP contribution in [0.2, 0.25) is 0 Å². The van der Waals surface area contributed by atoms with E-state index in [0.29, 0.717) is 25.1 Å². The molecule has 0 aromatic heterocycles. The monoisotopic (exact) mass is 353 g/mol. The molecule has 2 atom stereocenters. The number of amides is 2. The molecule has 6 heteroatoms. The van der Waals surface area contributed by atoms with E-state index in [1.54, 1.807) is 29.2 Å². The van der Waals surface area contributed by atoms with E-state index in [1.165, 1.54) is 0 Å². The zero-order chi connectivity index (χ0) is 18.7. The molecular formula is C20H23N3O3. The molecule has 0 bridgehead atoms. The van der Waals surface area contributed by atoms with Crippen LogP contribution >= 0.6 is 0 Å². The minimum atomic E-state index is -0.519. The molecule has 4 N–H and O–H groups in total. The standard InChI is InChI=1S/C20H23N3O3/c1-2-22-19(25)18-11-16(21)12-23(18)20(26)15-5-3-13(4-6-15)14-7-9-17(24)10-8-14/h3-10,16,18,24H,2,11-12,21H2,1H3,(H,22,25)/t16-,18-/m0/s1. The molecule has 3 rings (SSSR count). The number of benzene rings is 2. The topological polar surface area (TPSA) is 95.7 Å². The number of nitrogens with zero attached hydrogens (tertiary/aromatic N) is 1. The van der Waals surface area contributed by atoms with Crippen LogP contribution in [0, 0.1) is 0 Å². The molecule has 1 aliphatic heterocycles. The van der Waals surface area contributed by atoms with Crippen LogP contribution in [0.25, 0.3) is 11.1 Å². The van der Waals surface area contributed by atoms with Crippen molar-refractivity contribution in [2.24, 2.45) is 5.73 Å². The van der Waals surface area contributed by atoms with Gasteiger partial charge in [-0.15, -0.1) is 0 Å². The fourth-order valence-corrected chi connectivity index (χ4v) is 3.26. The molecule has 1 aliphatic rings. The number of phenolic OH excluding ortho intramolecular Hbond substituents is 1. The van der Waals surface area contributed by atoms with E-state index in [4.69, 9.17) is 5.73 Å². The summed E-state index contributed by atoms with van der Waals surface area (Å²) in [5.41, 5.74) is 8.40. The smallest absolute Gasteiger partial charge is 0.254 e. The van der Waals surface area contributed by atoms with Crippen LogP contribution in [0.15, 0.2) is 48.5 Å². The first-order valence-electron chi connectivity index (χ1n) is 8.73. The van der Waals surface area contributed by atoms with E-state index in [-0.39, 0.29) is 23.6 Å². The molecule has 2 aromatic rings. The largest absolute Gasteiger partial charge is 0.508 e. The van der Waals surface area contributed by atoms with Gasteiger partial charge < -0.3 is 21.1 Å². The number of likely N-dealkylation sites (N-methyl/N-ethyl adjacent to an activating group) is 1. The second-order valence-corrected chi connectivity index (χ2v) is 6.49. The Morgan fingerprint density at radius 3 is 2.27 bits per heavy atom. The lowest BCUT2D eigenvalue weighted by atomic mass is 10.0. The Balaban J connectivity index is 1.78. The van der Waals surface area contributed by atoms with Crippen LogP contribution in [0.3, 0.4) is 0 Å². The third kappa shape index (κ3) is 3.70. The summed E-state index contributed by atoms with van der Waals surface area (Å²) in [6, 6.07) is 13.4. The summed E-state index contributed by atoms with van der Waals surface area (Å²) in [7, 11) is 0. The normalized spacial score (nSPS) is 19.4. The highest BCUT2D eigenvalue weighted by Crippen LogP contribution is 2.24. The van der Waals surface area contributed by atoms with Crippen molar-refractivity contribution in [2.75, 3.05) is 13.1 Å². The van der Waals surface area contributed by atoms with Gasteiger partial charge in [0.2, 0.25) is 5.91 Å². The van der Waals surface area contributed by atoms with Gasteiger partial charge in [-0.3, -0.25) is 9.59 Å². The number of carbonyl (C=O) groups is 2. The molecule has 1 fully saturated rings. The molecule has 0 aliphatic carbocycles. The van der Waals surface area contributed by atoms with Gasteiger partial charge in [0, 0.05) is 24.7 Å². The third-order valence-corrected chi connectivity index (χ3v) is 4.58. The van der Waals surface area contributed by atoms with Gasteiger partial charge in [-0.2, -0.15) is 0 Å². The summed E-state index contributed by atoms with van der Waals surface area (Å²) < 4.78 is 0. The molecule has 0 saturated carbocycles. The maximum Gasteiger partial charge on any atom is 0.254 e. The Bertz CT molecular complexity index is 787. The second kappa shape index (κ2) is 7.58. The predicted molar refractivity (Wildman–Crippen MR) is 99.6 cm³/mol. The number of aromatic hydroxyl groups is 1. The highest BCUT2D eigenvalue weighted by Gasteiger charge is 2.38. The molecule has 1 heterocycles. The number of likely N-dealkylation sites (tertiary alicyclic amines) is 1. The summed E-state index contributed by atoms with van der Waals surface area (Å²) >= 11 is 0. The lowest BCUT2D eigenvalue weighted by Gasteiger charge is -2.23. The van der Waals surface area contributed by atoms with Gasteiger partial charge in [-0.1, -0.05) is 24.3 Å². The Hall–Kier alpha value is -2.86. The third-order valence-electron chi connectivity index (χ3n) is 4.58. The van der Waals surface area contributed by atoms with Crippen LogP contribution in [-0.2, 0) is 4.79 Å². The zero-order valence-electron chi connectivity index (χ0n) is 14.7. The summed E-state index contributed by atoms with van der Waals surface area (Å²) in [6.45, 7) is 2.75. The Kier molecular flexibility index (Phi) is 5.23. The summed E-state index contributed by atoms with van der Waals surface area (Å²) in [6.07, 6.45) is 0.475. The number of hydrogen-bond acceptors (Lipinski definition) is 4. The van der Waals surface area contributed by atoms with E-state index in [2.05, 4.69) is 5.32 Å². The molecule has 136 valence electrons. The Morgan fingerprint density at radius 1 is 1.12 bits per heavy atom. The molecule has 26 heavy (non-hydrogen) atoms. The maximum atomic E-state index is 12.9. The van der Waals surface area contributed by atoms with Crippen molar-refractivity contribution in [3.8, 4) is 16.9 Å². The van der Waals surface area contributed by atoms with Crippen molar-refractivity contribution < 1.29 is 14.7 Å². The van der Waals surface area contributed by atoms with Crippen LogP contribution < -0.4 is 11.1 Å². The highest BCUT2D eigenvalue weighted by atomic mass is 16.3. The fourth-order valence-electron chi connectivity index (χ4n) is 3.26. The maximum absolute atomic E-state index is 12.9. The molecule has 2 amide bonds. The second-order valence-electron chi connectivity index (χ2n) is 6.49. The van der Waals surface area contributed by atoms with Crippen molar-refractivity contribution in [1.82, 2.24) is 10.2 Å². The lowest BCUT2D eigenvalue weighted by Crippen LogP contribution is -2.45. The van der Waals surface area contributed by atoms with E-state index >= 15 is 0 Å². The number of carbonyl (C=O) groups excluding carboxylic acids is 2. The summed E-state index contributed by atoms with van der Waals surface area (Å²) in [5, 5.41) is 12.1. The van der Waals surface area contributed by atoms with E-state index < -0.39 is 6.04 Å². The van der Waals surface area contributed by atoms with Crippen LogP contribution in [0.1, 0.15) is 23.7 Å². The molecule has 6 nitrogen and oxygen atoms in total. The minimum Gasteiger partial charge on any atom is -0.508 e. The van der Waals surface area contributed by atoms with Gasteiger partial charge in [-0.25, -0.2) is 0 Å². The molecular weight excluding hydrogens is 330 g/mol. The lowest BCUT2D eigenvalue weighted by molar-refractivity contribution is -0.124. The minimum absolute atomic E-state index is 0.158. The first-order valence-corrected chi connectivity index (χ1v) is 8.73. The number of phenols is 1. The van der Waals surface area contributed by atoms with E-state index in [0.717, 1.165) is 11.1 Å². The first kappa shape index (κ1) is 17.9. The molecule has 1 saturated heterocycles. The average molecular weight is 353 g/mol. The van der Waals surface area contributed by atoms with E-state index in [1.807, 2.05) is 31.2 Å². The average Bonchev–Trinajstić information content (AvgIpc) is 3.04. The Morgan fingerprint density at radius 2 is 1.69 bits per heavy atom. The molecule has 0 unspecified atom stereocenters. The zero-order valence-corrected chi connectivity index (χ0v) is 14.7. The number of nitrogens with one attached hydrogen (secondary N) is 1. The van der Waals surface area contributed by atoms with Gasteiger partial charge in [0.1, 0.15) is 11.8 Å². The summed E-state index contributed by atoms with van der Waals surface area (Å²) in [5.74, 6) is -0.136. The summed E-state index contributed by atoms with van der Waals surface area (Å²) in [4.78, 5) is 26.6. The van der Waals surface area contributed by atoms with Crippen molar-refractivity contribution in [1.29, 1.82) is 0 Å². The van der Waals surface area contributed by atoms with Crippen molar-refractivity contribution in [3.05, 3.63) is 54.1 Å². The van der Waals surface area contributed by atoms with Crippen LogP contribution in [0.4, 0.5) is 0 Å². The van der Waals surface area contributed by atoms with Gasteiger partial charge in [0.25, 0.3) is 5.91 Å². The van der Waals surface area contributed by atoms with Crippen LogP contribution in [-0.4, -0.2) is 47.0 Å². The van der Waals surface area contributed by atoms with Gasteiger partial charge in [0.05, 0.1) is 0 Å². The molecule has 0 radical (unpaired) electrons. The number of hydrogen-bond donors (Lipinski definition) is 3. The predicted octanol–water partition coefficient (Wildman–Crippen LogP) is 1.74. The van der Waals surface area contributed by atoms with Gasteiger partial charge >= 0.3 is 0 Å². The highest BCUT2D eigenvalue weighted by molar-refractivity contribution is 5.98. The fraction of sp³-hybridized carbons (Fsp3) is 0.300. The van der Waals surface area contributed by atoms with E-state index in [9.17, 15) is 14.7 Å². The SMILES string of the molecule is CCNC(=O)[C@@H]1C[C@H](N)CN1C(=O)c1ccc(-c2ccc(O)cc2)cc1. The van der Waals surface area contributed by atoms with Crippen molar-refractivity contribution >= 4 is 11.8 Å². The van der Waals surface area contributed by atoms with Gasteiger partial charge in [-0.05, 0) is 48.7 Å². The van der Waals surface area contributed by atoms with Crippen LogP contribution in [0.5, 0.6) is 5.75 Å². The Labute approximate surface area is 152 Å². The van der Waals surface area contributed by atoms with Crippen molar-refractivity contribution in [3.63, 3.8) is 0 Å². The number of nitrogens with two attached hydrogens (primary N) is 1.